The number of aromatic nitrogens is 2. The van der Waals surface area contributed by atoms with Crippen molar-refractivity contribution < 1.29 is 17.9 Å². The Morgan fingerprint density at radius 3 is 2.62 bits per heavy atom. The number of halogens is 3. The molecule has 0 amide bonds. The van der Waals surface area contributed by atoms with E-state index in [2.05, 4.69) is 10.4 Å². The number of hydrogen-bond donors (Lipinski definition) is 1. The van der Waals surface area contributed by atoms with Gasteiger partial charge in [0.1, 0.15) is 11.3 Å². The maximum Gasteiger partial charge on any atom is 0.421 e. The van der Waals surface area contributed by atoms with Crippen molar-refractivity contribution in [1.29, 1.82) is 0 Å². The van der Waals surface area contributed by atoms with Crippen LogP contribution in [-0.4, -0.2) is 30.0 Å². The van der Waals surface area contributed by atoms with E-state index in [4.69, 9.17) is 4.74 Å². The van der Waals surface area contributed by atoms with Gasteiger partial charge >= 0.3 is 6.18 Å². The summed E-state index contributed by atoms with van der Waals surface area (Å²) in [5, 5.41) is 7.41. The normalized spacial score (nSPS) is 17.9. The molecule has 0 aliphatic carbocycles. The Morgan fingerprint density at radius 2 is 2.04 bits per heavy atom. The maximum absolute atomic E-state index is 13.3. The molecule has 8 heteroatoms. The highest BCUT2D eigenvalue weighted by Gasteiger charge is 2.36. The molecule has 1 aromatic carbocycles. The molecule has 0 saturated carbocycles. The first-order chi connectivity index (χ1) is 12.4. The summed E-state index contributed by atoms with van der Waals surface area (Å²) in [7, 11) is 1.53. The van der Waals surface area contributed by atoms with Crippen molar-refractivity contribution in [1.82, 2.24) is 15.1 Å². The molecule has 1 aromatic heterocycles. The molecule has 0 radical (unpaired) electrons. The van der Waals surface area contributed by atoms with Crippen LogP contribution in [0.3, 0.4) is 0 Å². The average molecular weight is 367 g/mol. The summed E-state index contributed by atoms with van der Waals surface area (Å²) in [6.45, 7) is 1.37. The number of piperidine rings is 1. The molecule has 1 N–H and O–H groups in total. The minimum Gasteiger partial charge on any atom is -0.497 e. The number of nitrogens with zero attached hydrogens (tertiary/aromatic N) is 2. The molecule has 5 nitrogen and oxygen atoms in total. The van der Waals surface area contributed by atoms with Crippen molar-refractivity contribution in [3.05, 3.63) is 57.5 Å². The van der Waals surface area contributed by atoms with Crippen molar-refractivity contribution in [3.63, 3.8) is 0 Å². The molecule has 0 bridgehead atoms. The Balaban J connectivity index is 2.00. The molecule has 1 atom stereocenters. The van der Waals surface area contributed by atoms with Crippen LogP contribution in [0.25, 0.3) is 0 Å². The Hall–Kier alpha value is -2.35. The second-order valence-electron chi connectivity index (χ2n) is 6.33. The molecule has 140 valence electrons. The highest BCUT2D eigenvalue weighted by molar-refractivity contribution is 5.28. The van der Waals surface area contributed by atoms with E-state index in [1.807, 2.05) is 0 Å². The Labute approximate surface area is 148 Å². The van der Waals surface area contributed by atoms with E-state index in [1.165, 1.54) is 7.11 Å². The number of rotatable bonds is 4. The number of methoxy groups -OCH3 is 1. The van der Waals surface area contributed by atoms with Gasteiger partial charge < -0.3 is 10.1 Å². The van der Waals surface area contributed by atoms with Crippen LogP contribution < -0.4 is 15.6 Å². The number of ether oxygens (including phenoxy) is 1. The topological polar surface area (TPSA) is 56.1 Å². The summed E-state index contributed by atoms with van der Waals surface area (Å²) in [6.07, 6.45) is -3.10. The van der Waals surface area contributed by atoms with Gasteiger partial charge in [-0.15, -0.1) is 0 Å². The van der Waals surface area contributed by atoms with Gasteiger partial charge in [0.05, 0.1) is 19.3 Å². The number of hydrogen-bond acceptors (Lipinski definition) is 4. The number of nitrogens with one attached hydrogen (secondary N) is 1. The van der Waals surface area contributed by atoms with Crippen molar-refractivity contribution >= 4 is 0 Å². The lowest BCUT2D eigenvalue weighted by atomic mass is 9.95. The van der Waals surface area contributed by atoms with Crippen LogP contribution in [0, 0.1) is 0 Å². The van der Waals surface area contributed by atoms with Gasteiger partial charge in [-0.3, -0.25) is 4.79 Å². The van der Waals surface area contributed by atoms with E-state index in [0.717, 1.165) is 30.1 Å². The van der Waals surface area contributed by atoms with E-state index in [-0.39, 0.29) is 12.5 Å². The van der Waals surface area contributed by atoms with Crippen molar-refractivity contribution in [2.24, 2.45) is 0 Å². The fourth-order valence-corrected chi connectivity index (χ4v) is 3.08. The van der Waals surface area contributed by atoms with Crippen molar-refractivity contribution in [2.45, 2.75) is 31.5 Å². The van der Waals surface area contributed by atoms with Crippen molar-refractivity contribution in [3.8, 4) is 5.75 Å². The first-order valence-electron chi connectivity index (χ1n) is 8.41. The Kier molecular flexibility index (Phi) is 5.31. The average Bonchev–Trinajstić information content (AvgIpc) is 2.64. The lowest BCUT2D eigenvalue weighted by Gasteiger charge is -2.23. The first kappa shape index (κ1) is 18.4. The summed E-state index contributed by atoms with van der Waals surface area (Å²) in [5.74, 6) is 0.500. The zero-order valence-corrected chi connectivity index (χ0v) is 14.3. The van der Waals surface area contributed by atoms with Gasteiger partial charge in [0.15, 0.2) is 0 Å². The van der Waals surface area contributed by atoms with E-state index < -0.39 is 17.3 Å². The largest absolute Gasteiger partial charge is 0.497 e. The predicted octanol–water partition coefficient (Wildman–Crippen LogP) is 2.79. The molecule has 1 aliphatic heterocycles. The van der Waals surface area contributed by atoms with Gasteiger partial charge in [-0.05, 0) is 43.1 Å². The van der Waals surface area contributed by atoms with Crippen LogP contribution in [0.4, 0.5) is 13.2 Å². The summed E-state index contributed by atoms with van der Waals surface area (Å²) >= 11 is 0. The Bertz CT molecular complexity index is 810. The number of alkyl halides is 3. The molecule has 1 aliphatic rings. The first-order valence-corrected chi connectivity index (χ1v) is 8.41. The minimum atomic E-state index is -4.71. The van der Waals surface area contributed by atoms with Gasteiger partial charge in [-0.2, -0.15) is 18.3 Å². The van der Waals surface area contributed by atoms with Crippen LogP contribution in [0.15, 0.2) is 35.1 Å². The van der Waals surface area contributed by atoms with Gasteiger partial charge in [-0.1, -0.05) is 12.1 Å². The molecule has 1 saturated heterocycles. The molecule has 2 heterocycles. The molecule has 26 heavy (non-hydrogen) atoms. The summed E-state index contributed by atoms with van der Waals surface area (Å²) in [4.78, 5) is 12.3. The fourth-order valence-electron chi connectivity index (χ4n) is 3.08. The second-order valence-corrected chi connectivity index (χ2v) is 6.33. The highest BCUT2D eigenvalue weighted by Crippen LogP contribution is 2.29. The van der Waals surface area contributed by atoms with Crippen LogP contribution in [-0.2, 0) is 12.7 Å². The zero-order valence-electron chi connectivity index (χ0n) is 14.3. The maximum atomic E-state index is 13.3. The van der Waals surface area contributed by atoms with Gasteiger partial charge in [0, 0.05) is 12.5 Å². The molecular formula is C18H20F3N3O2. The lowest BCUT2D eigenvalue weighted by molar-refractivity contribution is -0.139. The standard InChI is InChI=1S/C18H20F3N3O2/c1-26-14-6-4-12(5-7-14)11-24-17(25)15(18(19,20)21)9-16(23-24)13-3-2-8-22-10-13/h4-7,9,13,22H,2-3,8,10-11H2,1H3. The van der Waals surface area contributed by atoms with Gasteiger partial charge in [0.25, 0.3) is 5.56 Å². The van der Waals surface area contributed by atoms with E-state index in [0.29, 0.717) is 23.6 Å². The quantitative estimate of drug-likeness (QED) is 0.903. The summed E-state index contributed by atoms with van der Waals surface area (Å²) in [6, 6.07) is 7.70. The van der Waals surface area contributed by atoms with E-state index in [1.54, 1.807) is 24.3 Å². The van der Waals surface area contributed by atoms with Gasteiger partial charge in [-0.25, -0.2) is 4.68 Å². The van der Waals surface area contributed by atoms with Gasteiger partial charge in [0.2, 0.25) is 0 Å². The molecule has 2 aromatic rings. The second kappa shape index (κ2) is 7.49. The third-order valence-corrected chi connectivity index (χ3v) is 4.51. The van der Waals surface area contributed by atoms with Crippen LogP contribution in [0.1, 0.15) is 35.6 Å². The van der Waals surface area contributed by atoms with Crippen LogP contribution in [0.2, 0.25) is 0 Å². The van der Waals surface area contributed by atoms with E-state index in [9.17, 15) is 18.0 Å². The highest BCUT2D eigenvalue weighted by atomic mass is 19.4. The third kappa shape index (κ3) is 4.07. The number of benzene rings is 1. The predicted molar refractivity (Wildman–Crippen MR) is 90.4 cm³/mol. The van der Waals surface area contributed by atoms with E-state index >= 15 is 0 Å². The Morgan fingerprint density at radius 1 is 1.31 bits per heavy atom. The lowest BCUT2D eigenvalue weighted by Crippen LogP contribution is -2.35. The van der Waals surface area contributed by atoms with Crippen LogP contribution >= 0.6 is 0 Å². The third-order valence-electron chi connectivity index (χ3n) is 4.51. The van der Waals surface area contributed by atoms with Crippen molar-refractivity contribution in [2.75, 3.05) is 20.2 Å². The fraction of sp³-hybridized carbons (Fsp3) is 0.444. The molecular weight excluding hydrogens is 347 g/mol. The molecule has 1 fully saturated rings. The summed E-state index contributed by atoms with van der Waals surface area (Å²) < 4.78 is 46.0. The smallest absolute Gasteiger partial charge is 0.421 e. The monoisotopic (exact) mass is 367 g/mol. The molecule has 1 unspecified atom stereocenters. The SMILES string of the molecule is COc1ccc(Cn2nc(C3CCCNC3)cc(C(F)(F)F)c2=O)cc1. The summed E-state index contributed by atoms with van der Waals surface area (Å²) in [5.41, 5.74) is -1.31. The van der Waals surface area contributed by atoms with Crippen LogP contribution in [0.5, 0.6) is 5.75 Å². The molecule has 0 spiro atoms. The zero-order chi connectivity index (χ0) is 18.7. The minimum absolute atomic E-state index is 0.0279. The molecule has 3 rings (SSSR count).